The van der Waals surface area contributed by atoms with Crippen molar-refractivity contribution in [3.05, 3.63) is 36.3 Å². The quantitative estimate of drug-likeness (QED) is 0.317. The van der Waals surface area contributed by atoms with Crippen molar-refractivity contribution in [3.8, 4) is 0 Å². The number of carbonyl (C=O) groups excluding carboxylic acids is 4. The van der Waals surface area contributed by atoms with E-state index in [0.29, 0.717) is 5.76 Å². The van der Waals surface area contributed by atoms with E-state index in [9.17, 15) is 19.2 Å². The fraction of sp³-hybridized carbons (Fsp3) is 0.444. The maximum Gasteiger partial charge on any atom is 0.305 e. The molecule has 0 spiro atoms. The van der Waals surface area contributed by atoms with E-state index in [1.807, 2.05) is 0 Å². The van der Waals surface area contributed by atoms with E-state index < -0.39 is 53.6 Å². The van der Waals surface area contributed by atoms with Crippen LogP contribution < -0.4 is 0 Å². The number of amides is 2. The van der Waals surface area contributed by atoms with Crippen molar-refractivity contribution >= 4 is 23.8 Å². The van der Waals surface area contributed by atoms with Gasteiger partial charge in [-0.3, -0.25) is 24.1 Å². The van der Waals surface area contributed by atoms with Crippen LogP contribution in [-0.2, 0) is 39.9 Å². The van der Waals surface area contributed by atoms with Crippen LogP contribution in [0.2, 0.25) is 0 Å². The summed E-state index contributed by atoms with van der Waals surface area (Å²) in [5.41, 5.74) is -1.53. The molecule has 3 aliphatic rings. The van der Waals surface area contributed by atoms with Crippen LogP contribution in [0.3, 0.4) is 0 Å². The van der Waals surface area contributed by atoms with Crippen LogP contribution in [0.15, 0.2) is 35.0 Å². The van der Waals surface area contributed by atoms with Gasteiger partial charge in [-0.1, -0.05) is 6.08 Å². The number of esters is 2. The minimum absolute atomic E-state index is 0.00767. The summed E-state index contributed by atoms with van der Waals surface area (Å²) in [4.78, 5) is 50.0. The van der Waals surface area contributed by atoms with E-state index in [2.05, 4.69) is 0 Å². The zero-order valence-corrected chi connectivity index (χ0v) is 14.6. The molecule has 4 rings (SSSR count). The summed E-state index contributed by atoms with van der Waals surface area (Å²) in [6.07, 6.45) is 2.49. The Hall–Kier alpha value is -2.94. The number of fused-ring (bicyclic) bond motifs is 5. The Morgan fingerprint density at radius 3 is 2.52 bits per heavy atom. The second kappa shape index (κ2) is 6.05. The summed E-state index contributed by atoms with van der Waals surface area (Å²) in [6, 6.07) is 3.32. The molecule has 0 unspecified atom stereocenters. The Kier molecular flexibility index (Phi) is 3.92. The molecule has 0 aromatic carbocycles. The predicted molar refractivity (Wildman–Crippen MR) is 85.3 cm³/mol. The number of furan rings is 1. The molecular formula is C18H17NO8. The first-order chi connectivity index (χ1) is 12.8. The van der Waals surface area contributed by atoms with E-state index in [-0.39, 0.29) is 6.54 Å². The van der Waals surface area contributed by atoms with E-state index in [1.54, 1.807) is 18.2 Å². The standard InChI is InChI=1S/C18H17NO8/c1-9(20)25-17(26-10(2)21)18-6-5-12(27-18)13-14(18)16(23)19(15(13)22)8-11-4-3-7-24-11/h3-7,12-14,17H,8H2,1-2H3/t12-,13-,14+,18+/m1/s1. The molecule has 3 aliphatic heterocycles. The Balaban J connectivity index is 1.68. The topological polar surface area (TPSA) is 112 Å². The highest BCUT2D eigenvalue weighted by Gasteiger charge is 2.71. The van der Waals surface area contributed by atoms with Crippen LogP contribution in [0.5, 0.6) is 0 Å². The number of hydrogen-bond donors (Lipinski definition) is 0. The molecule has 4 heterocycles. The molecule has 9 heteroatoms. The van der Waals surface area contributed by atoms with Gasteiger partial charge in [0.1, 0.15) is 5.76 Å². The molecular weight excluding hydrogens is 358 g/mol. The molecule has 0 saturated carbocycles. The summed E-state index contributed by atoms with van der Waals surface area (Å²) in [5.74, 6) is -3.57. The lowest BCUT2D eigenvalue weighted by Crippen LogP contribution is -2.52. The Morgan fingerprint density at radius 1 is 1.22 bits per heavy atom. The number of rotatable bonds is 5. The average molecular weight is 375 g/mol. The molecule has 9 nitrogen and oxygen atoms in total. The third kappa shape index (κ3) is 2.57. The van der Waals surface area contributed by atoms with Crippen molar-refractivity contribution in [1.82, 2.24) is 4.90 Å². The van der Waals surface area contributed by atoms with Gasteiger partial charge in [0.25, 0.3) is 6.29 Å². The third-order valence-corrected chi connectivity index (χ3v) is 4.98. The van der Waals surface area contributed by atoms with Crippen molar-refractivity contribution in [2.24, 2.45) is 11.8 Å². The molecule has 2 saturated heterocycles. The lowest BCUT2D eigenvalue weighted by molar-refractivity contribution is -0.227. The van der Waals surface area contributed by atoms with E-state index in [0.717, 1.165) is 18.7 Å². The van der Waals surface area contributed by atoms with Gasteiger partial charge in [-0.2, -0.15) is 0 Å². The molecule has 0 N–H and O–H groups in total. The first-order valence-electron chi connectivity index (χ1n) is 8.42. The van der Waals surface area contributed by atoms with Gasteiger partial charge in [-0.15, -0.1) is 0 Å². The Morgan fingerprint density at radius 2 is 1.93 bits per heavy atom. The minimum Gasteiger partial charge on any atom is -0.467 e. The van der Waals surface area contributed by atoms with E-state index >= 15 is 0 Å². The molecule has 0 radical (unpaired) electrons. The molecule has 27 heavy (non-hydrogen) atoms. The number of carbonyl (C=O) groups is 4. The molecule has 1 aromatic rings. The second-order valence-corrected chi connectivity index (χ2v) is 6.69. The largest absolute Gasteiger partial charge is 0.467 e. The minimum atomic E-state index is -1.53. The monoisotopic (exact) mass is 375 g/mol. The zero-order valence-electron chi connectivity index (χ0n) is 14.6. The maximum atomic E-state index is 13.1. The van der Waals surface area contributed by atoms with E-state index in [1.165, 1.54) is 12.3 Å². The summed E-state index contributed by atoms with van der Waals surface area (Å²) < 4.78 is 21.4. The van der Waals surface area contributed by atoms with Crippen LogP contribution in [0, 0.1) is 11.8 Å². The summed E-state index contributed by atoms with van der Waals surface area (Å²) in [6.45, 7) is 2.30. The molecule has 2 bridgehead atoms. The average Bonchev–Trinajstić information content (AvgIpc) is 3.34. The highest BCUT2D eigenvalue weighted by molar-refractivity contribution is 6.07. The third-order valence-electron chi connectivity index (χ3n) is 4.98. The van der Waals surface area contributed by atoms with Crippen LogP contribution in [0.4, 0.5) is 0 Å². The predicted octanol–water partition coefficient (Wildman–Crippen LogP) is 0.540. The van der Waals surface area contributed by atoms with Crippen LogP contribution >= 0.6 is 0 Å². The SMILES string of the molecule is CC(=O)OC(OC(C)=O)[C@@]12C=C[C@@H](O1)[C@H]1C(=O)N(Cc3ccco3)C(=O)[C@H]12. The van der Waals surface area contributed by atoms with Crippen LogP contribution in [0.25, 0.3) is 0 Å². The van der Waals surface area contributed by atoms with Crippen LogP contribution in [0.1, 0.15) is 19.6 Å². The maximum absolute atomic E-state index is 13.1. The first-order valence-corrected chi connectivity index (χ1v) is 8.42. The Labute approximate surface area is 153 Å². The van der Waals surface area contributed by atoms with Gasteiger partial charge < -0.3 is 18.6 Å². The number of likely N-dealkylation sites (tertiary alicyclic amines) is 1. The Bertz CT molecular complexity index is 828. The number of imide groups is 1. The lowest BCUT2D eigenvalue weighted by Gasteiger charge is -2.34. The lowest BCUT2D eigenvalue weighted by atomic mass is 9.76. The number of hydrogen-bond acceptors (Lipinski definition) is 8. The number of ether oxygens (including phenoxy) is 3. The van der Waals surface area contributed by atoms with Gasteiger partial charge in [0, 0.05) is 13.8 Å². The molecule has 2 amide bonds. The van der Waals surface area contributed by atoms with Gasteiger partial charge in [-0.05, 0) is 18.2 Å². The van der Waals surface area contributed by atoms with Gasteiger partial charge in [0.05, 0.1) is 30.7 Å². The smallest absolute Gasteiger partial charge is 0.305 e. The molecule has 0 aliphatic carbocycles. The zero-order chi connectivity index (χ0) is 19.3. The molecule has 1 aromatic heterocycles. The fourth-order valence-electron chi connectivity index (χ4n) is 3.99. The summed E-state index contributed by atoms with van der Waals surface area (Å²) >= 11 is 0. The summed E-state index contributed by atoms with van der Waals surface area (Å²) in [7, 11) is 0. The van der Waals surface area contributed by atoms with Crippen molar-refractivity contribution < 1.29 is 37.8 Å². The van der Waals surface area contributed by atoms with Gasteiger partial charge >= 0.3 is 11.9 Å². The fourth-order valence-corrected chi connectivity index (χ4v) is 3.99. The van der Waals surface area contributed by atoms with Crippen molar-refractivity contribution in [3.63, 3.8) is 0 Å². The molecule has 142 valence electrons. The molecule has 4 atom stereocenters. The van der Waals surface area contributed by atoms with Crippen LogP contribution in [-0.4, -0.2) is 46.6 Å². The highest BCUT2D eigenvalue weighted by Crippen LogP contribution is 2.54. The molecule has 2 fully saturated rings. The first kappa shape index (κ1) is 17.5. The van der Waals surface area contributed by atoms with Crippen molar-refractivity contribution in [2.45, 2.75) is 38.4 Å². The van der Waals surface area contributed by atoms with Crippen molar-refractivity contribution in [2.75, 3.05) is 0 Å². The number of nitrogens with zero attached hydrogens (tertiary/aromatic N) is 1. The van der Waals surface area contributed by atoms with Gasteiger partial charge in [-0.25, -0.2) is 0 Å². The van der Waals surface area contributed by atoms with Crippen molar-refractivity contribution in [1.29, 1.82) is 0 Å². The highest BCUT2D eigenvalue weighted by atomic mass is 16.7. The van der Waals surface area contributed by atoms with Gasteiger partial charge in [0.15, 0.2) is 5.60 Å². The summed E-state index contributed by atoms with van der Waals surface area (Å²) in [5, 5.41) is 0. The van der Waals surface area contributed by atoms with E-state index in [4.69, 9.17) is 18.6 Å². The second-order valence-electron chi connectivity index (χ2n) is 6.69. The normalized spacial score (nSPS) is 30.9. The van der Waals surface area contributed by atoms with Gasteiger partial charge in [0.2, 0.25) is 11.8 Å².